The van der Waals surface area contributed by atoms with Crippen molar-refractivity contribution in [3.05, 3.63) is 29.8 Å². The Morgan fingerprint density at radius 3 is 2.70 bits per heavy atom. The third-order valence-electron chi connectivity index (χ3n) is 3.65. The van der Waals surface area contributed by atoms with Crippen LogP contribution in [0, 0.1) is 0 Å². The first-order chi connectivity index (χ1) is 10.7. The average Bonchev–Trinajstić information content (AvgIpc) is 2.57. The molecule has 1 aliphatic rings. The highest BCUT2D eigenvalue weighted by Crippen LogP contribution is 2.14. The summed E-state index contributed by atoms with van der Waals surface area (Å²) in [4.78, 5) is 26.2. The highest BCUT2D eigenvalue weighted by molar-refractivity contribution is 5.98. The standard InChI is InChI=1S/C16H23N3O3.ClH/c1-3-19(4-2)16(21)12-6-5-7-13(10-12)18-15(20)14-11-17-8-9-22-14;/h5-7,10,14,17H,3-4,8-9,11H2,1-2H3,(H,18,20);1H. The van der Waals surface area contributed by atoms with E-state index in [-0.39, 0.29) is 24.2 Å². The monoisotopic (exact) mass is 341 g/mol. The summed E-state index contributed by atoms with van der Waals surface area (Å²) in [5, 5.41) is 5.92. The molecule has 0 aromatic heterocycles. The number of ether oxygens (including phenoxy) is 1. The summed E-state index contributed by atoms with van der Waals surface area (Å²) in [5.41, 5.74) is 1.18. The SMILES string of the molecule is CCN(CC)C(=O)c1cccc(NC(=O)C2CNCCO2)c1.Cl. The second-order valence-electron chi connectivity index (χ2n) is 5.11. The molecule has 1 heterocycles. The molecule has 1 aromatic carbocycles. The van der Waals surface area contributed by atoms with Crippen LogP contribution in [0.3, 0.4) is 0 Å². The number of rotatable bonds is 5. The molecule has 0 saturated carbocycles. The Morgan fingerprint density at radius 2 is 2.09 bits per heavy atom. The van der Waals surface area contributed by atoms with Gasteiger partial charge in [0.2, 0.25) is 0 Å². The molecule has 0 aliphatic carbocycles. The molecule has 1 unspecified atom stereocenters. The van der Waals surface area contributed by atoms with E-state index >= 15 is 0 Å². The van der Waals surface area contributed by atoms with Gasteiger partial charge in [0, 0.05) is 37.4 Å². The van der Waals surface area contributed by atoms with Crippen LogP contribution in [0.15, 0.2) is 24.3 Å². The van der Waals surface area contributed by atoms with Gasteiger partial charge in [0.1, 0.15) is 6.10 Å². The molecule has 1 aromatic rings. The largest absolute Gasteiger partial charge is 0.366 e. The van der Waals surface area contributed by atoms with Crippen LogP contribution < -0.4 is 10.6 Å². The predicted molar refractivity (Wildman–Crippen MR) is 92.2 cm³/mol. The summed E-state index contributed by atoms with van der Waals surface area (Å²) in [7, 11) is 0. The zero-order chi connectivity index (χ0) is 15.9. The lowest BCUT2D eigenvalue weighted by Crippen LogP contribution is -2.45. The van der Waals surface area contributed by atoms with E-state index in [0.29, 0.717) is 37.5 Å². The van der Waals surface area contributed by atoms with Crippen LogP contribution in [0.25, 0.3) is 0 Å². The Hall–Kier alpha value is -1.63. The molecule has 2 N–H and O–H groups in total. The molecule has 1 aliphatic heterocycles. The fourth-order valence-corrected chi connectivity index (χ4v) is 2.38. The molecule has 1 fully saturated rings. The van der Waals surface area contributed by atoms with Crippen LogP contribution in [0.4, 0.5) is 5.69 Å². The van der Waals surface area contributed by atoms with Crippen LogP contribution in [0.2, 0.25) is 0 Å². The number of carbonyl (C=O) groups is 2. The molecular formula is C16H24ClN3O3. The Balaban J connectivity index is 0.00000264. The van der Waals surface area contributed by atoms with E-state index in [1.165, 1.54) is 0 Å². The minimum Gasteiger partial charge on any atom is -0.366 e. The summed E-state index contributed by atoms with van der Waals surface area (Å²) in [5.74, 6) is -0.226. The highest BCUT2D eigenvalue weighted by Gasteiger charge is 2.22. The second-order valence-corrected chi connectivity index (χ2v) is 5.11. The molecule has 2 rings (SSSR count). The molecule has 7 heteroatoms. The van der Waals surface area contributed by atoms with Crippen LogP contribution >= 0.6 is 12.4 Å². The van der Waals surface area contributed by atoms with Crippen molar-refractivity contribution in [3.8, 4) is 0 Å². The first kappa shape index (κ1) is 19.4. The summed E-state index contributed by atoms with van der Waals surface area (Å²) in [6.45, 7) is 7.00. The van der Waals surface area contributed by atoms with Crippen LogP contribution in [0.1, 0.15) is 24.2 Å². The van der Waals surface area contributed by atoms with Crippen molar-refractivity contribution in [2.24, 2.45) is 0 Å². The van der Waals surface area contributed by atoms with E-state index in [2.05, 4.69) is 10.6 Å². The first-order valence-corrected chi connectivity index (χ1v) is 7.68. The maximum atomic E-state index is 12.3. The van der Waals surface area contributed by atoms with Gasteiger partial charge in [-0.15, -0.1) is 12.4 Å². The van der Waals surface area contributed by atoms with E-state index in [9.17, 15) is 9.59 Å². The molecule has 1 atom stereocenters. The maximum Gasteiger partial charge on any atom is 0.254 e. The molecular weight excluding hydrogens is 318 g/mol. The summed E-state index contributed by atoms with van der Waals surface area (Å²) in [6, 6.07) is 7.00. The van der Waals surface area contributed by atoms with Gasteiger partial charge in [-0.1, -0.05) is 6.07 Å². The van der Waals surface area contributed by atoms with Crippen molar-refractivity contribution in [3.63, 3.8) is 0 Å². The lowest BCUT2D eigenvalue weighted by molar-refractivity contribution is -0.128. The minimum absolute atomic E-state index is 0. The molecule has 0 radical (unpaired) electrons. The zero-order valence-electron chi connectivity index (χ0n) is 13.5. The Labute approximate surface area is 143 Å². The molecule has 128 valence electrons. The number of morpholine rings is 1. The third-order valence-corrected chi connectivity index (χ3v) is 3.65. The van der Waals surface area contributed by atoms with Crippen molar-refractivity contribution in [2.75, 3.05) is 38.1 Å². The van der Waals surface area contributed by atoms with Crippen LogP contribution in [-0.4, -0.2) is 55.6 Å². The van der Waals surface area contributed by atoms with Crippen molar-refractivity contribution in [1.29, 1.82) is 0 Å². The summed E-state index contributed by atoms with van der Waals surface area (Å²) >= 11 is 0. The van der Waals surface area contributed by atoms with E-state index in [0.717, 1.165) is 6.54 Å². The van der Waals surface area contributed by atoms with Gasteiger partial charge in [-0.2, -0.15) is 0 Å². The number of amides is 2. The van der Waals surface area contributed by atoms with E-state index in [4.69, 9.17) is 4.74 Å². The summed E-state index contributed by atoms with van der Waals surface area (Å²) < 4.78 is 5.41. The van der Waals surface area contributed by atoms with Crippen LogP contribution in [-0.2, 0) is 9.53 Å². The van der Waals surface area contributed by atoms with Gasteiger partial charge in [0.25, 0.3) is 11.8 Å². The molecule has 1 saturated heterocycles. The molecule has 6 nitrogen and oxygen atoms in total. The Morgan fingerprint density at radius 1 is 1.35 bits per heavy atom. The summed E-state index contributed by atoms with van der Waals surface area (Å²) in [6.07, 6.45) is -0.490. The molecule has 2 amide bonds. The molecule has 23 heavy (non-hydrogen) atoms. The highest BCUT2D eigenvalue weighted by atomic mass is 35.5. The fourth-order valence-electron chi connectivity index (χ4n) is 2.38. The van der Waals surface area contributed by atoms with Crippen molar-refractivity contribution in [1.82, 2.24) is 10.2 Å². The number of hydrogen-bond acceptors (Lipinski definition) is 4. The minimum atomic E-state index is -0.490. The van der Waals surface area contributed by atoms with Gasteiger partial charge in [0.15, 0.2) is 0 Å². The van der Waals surface area contributed by atoms with Gasteiger partial charge >= 0.3 is 0 Å². The van der Waals surface area contributed by atoms with Gasteiger partial charge in [-0.3, -0.25) is 9.59 Å². The first-order valence-electron chi connectivity index (χ1n) is 7.68. The fraction of sp³-hybridized carbons (Fsp3) is 0.500. The third kappa shape index (κ3) is 5.20. The number of hydrogen-bond donors (Lipinski definition) is 2. The van der Waals surface area contributed by atoms with E-state index < -0.39 is 6.10 Å². The number of halogens is 1. The number of carbonyl (C=O) groups excluding carboxylic acids is 2. The zero-order valence-corrected chi connectivity index (χ0v) is 14.3. The maximum absolute atomic E-state index is 12.3. The van der Waals surface area contributed by atoms with Gasteiger partial charge in [0.05, 0.1) is 6.61 Å². The number of nitrogens with one attached hydrogen (secondary N) is 2. The second kappa shape index (κ2) is 9.50. The normalized spacial score (nSPS) is 17.0. The van der Waals surface area contributed by atoms with Crippen LogP contribution in [0.5, 0.6) is 0 Å². The van der Waals surface area contributed by atoms with E-state index in [1.54, 1.807) is 29.2 Å². The lowest BCUT2D eigenvalue weighted by atomic mass is 10.1. The number of anilines is 1. The van der Waals surface area contributed by atoms with Gasteiger partial charge in [-0.25, -0.2) is 0 Å². The quantitative estimate of drug-likeness (QED) is 0.852. The van der Waals surface area contributed by atoms with Crippen molar-refractivity contribution >= 4 is 29.9 Å². The predicted octanol–water partition coefficient (Wildman–Crippen LogP) is 1.52. The van der Waals surface area contributed by atoms with Crippen molar-refractivity contribution in [2.45, 2.75) is 20.0 Å². The average molecular weight is 342 g/mol. The topological polar surface area (TPSA) is 70.7 Å². The van der Waals surface area contributed by atoms with Gasteiger partial charge < -0.3 is 20.3 Å². The Bertz CT molecular complexity index is 529. The molecule has 0 spiro atoms. The van der Waals surface area contributed by atoms with Crippen molar-refractivity contribution < 1.29 is 14.3 Å². The van der Waals surface area contributed by atoms with Gasteiger partial charge in [-0.05, 0) is 32.0 Å². The van der Waals surface area contributed by atoms with E-state index in [1.807, 2.05) is 13.8 Å². The number of benzene rings is 1. The lowest BCUT2D eigenvalue weighted by Gasteiger charge is -2.23. The number of nitrogens with zero attached hydrogens (tertiary/aromatic N) is 1. The molecule has 0 bridgehead atoms. The smallest absolute Gasteiger partial charge is 0.254 e. The Kier molecular flexibility index (Phi) is 8.02.